The summed E-state index contributed by atoms with van der Waals surface area (Å²) in [6.07, 6.45) is 1.36. The zero-order chi connectivity index (χ0) is 12.4. The number of anilines is 2. The van der Waals surface area contributed by atoms with E-state index < -0.39 is 0 Å². The molecule has 90 valence electrons. The predicted molar refractivity (Wildman–Crippen MR) is 66.8 cm³/mol. The molecule has 0 fully saturated rings. The molecule has 0 unspecified atom stereocenters. The Balaban J connectivity index is 1.81. The molecule has 3 rings (SSSR count). The van der Waals surface area contributed by atoms with Gasteiger partial charge in [-0.05, 0) is 5.56 Å². The topological polar surface area (TPSA) is 94.0 Å². The molecule has 2 heterocycles. The third-order valence-corrected chi connectivity index (χ3v) is 2.46. The van der Waals surface area contributed by atoms with Crippen LogP contribution in [-0.4, -0.2) is 24.6 Å². The lowest BCUT2D eigenvalue weighted by Crippen LogP contribution is -2.03. The summed E-state index contributed by atoms with van der Waals surface area (Å²) < 4.78 is 1.40. The number of nitrogens with two attached hydrogens (primary N) is 1. The fourth-order valence-corrected chi connectivity index (χ4v) is 1.59. The lowest BCUT2D eigenvalue weighted by atomic mass is 10.2. The second-order valence-corrected chi connectivity index (χ2v) is 3.72. The molecule has 2 aromatic heterocycles. The molecular weight excluding hydrogens is 230 g/mol. The van der Waals surface area contributed by atoms with Crippen molar-refractivity contribution in [1.82, 2.24) is 24.6 Å². The Hall–Kier alpha value is -2.70. The van der Waals surface area contributed by atoms with E-state index in [0.717, 1.165) is 5.56 Å². The average molecular weight is 241 g/mol. The van der Waals surface area contributed by atoms with E-state index in [0.29, 0.717) is 18.3 Å². The van der Waals surface area contributed by atoms with E-state index in [9.17, 15) is 0 Å². The average Bonchev–Trinajstić information content (AvgIpc) is 2.82. The molecule has 7 nitrogen and oxygen atoms in total. The number of nitrogens with zero attached hydrogens (tertiary/aromatic N) is 5. The van der Waals surface area contributed by atoms with Crippen molar-refractivity contribution in [2.45, 2.75) is 6.54 Å². The van der Waals surface area contributed by atoms with Gasteiger partial charge in [-0.3, -0.25) is 0 Å². The van der Waals surface area contributed by atoms with Crippen molar-refractivity contribution in [3.8, 4) is 0 Å². The monoisotopic (exact) mass is 241 g/mol. The number of hydrogen-bond donors (Lipinski definition) is 2. The molecule has 18 heavy (non-hydrogen) atoms. The van der Waals surface area contributed by atoms with Crippen LogP contribution in [-0.2, 0) is 6.54 Å². The molecule has 0 aliphatic heterocycles. The van der Waals surface area contributed by atoms with Crippen LogP contribution in [0.3, 0.4) is 0 Å². The first-order chi connectivity index (χ1) is 8.83. The summed E-state index contributed by atoms with van der Waals surface area (Å²) in [4.78, 5) is 12.0. The van der Waals surface area contributed by atoms with Gasteiger partial charge in [-0.15, -0.1) is 5.10 Å². The standard InChI is InChI=1S/C11H11N7/c12-9-14-7-15-11-16-10(17-18(9)11)13-6-8-4-2-1-3-5-8/h1-5,7H,6H2,(H3,12,13,14,15,16,17). The molecule has 0 saturated heterocycles. The van der Waals surface area contributed by atoms with Gasteiger partial charge in [0.2, 0.25) is 11.9 Å². The summed E-state index contributed by atoms with van der Waals surface area (Å²) in [7, 11) is 0. The zero-order valence-corrected chi connectivity index (χ0v) is 9.48. The van der Waals surface area contributed by atoms with Crippen LogP contribution >= 0.6 is 0 Å². The Morgan fingerprint density at radius 1 is 1.17 bits per heavy atom. The smallest absolute Gasteiger partial charge is 0.258 e. The molecule has 1 aromatic carbocycles. The third-order valence-electron chi connectivity index (χ3n) is 2.46. The van der Waals surface area contributed by atoms with Crippen molar-refractivity contribution >= 4 is 17.7 Å². The van der Waals surface area contributed by atoms with Gasteiger partial charge in [0.15, 0.2) is 0 Å². The molecule has 0 amide bonds. The van der Waals surface area contributed by atoms with Crippen LogP contribution in [0.2, 0.25) is 0 Å². The number of nitrogens with one attached hydrogen (secondary N) is 1. The van der Waals surface area contributed by atoms with Crippen LogP contribution in [0.4, 0.5) is 11.9 Å². The van der Waals surface area contributed by atoms with Gasteiger partial charge in [-0.25, -0.2) is 4.98 Å². The molecule has 0 radical (unpaired) electrons. The van der Waals surface area contributed by atoms with E-state index in [1.54, 1.807) is 0 Å². The molecule has 0 saturated carbocycles. The van der Waals surface area contributed by atoms with E-state index in [-0.39, 0.29) is 5.95 Å². The van der Waals surface area contributed by atoms with Crippen molar-refractivity contribution in [3.63, 3.8) is 0 Å². The lowest BCUT2D eigenvalue weighted by molar-refractivity contribution is 0.905. The molecule has 0 spiro atoms. The quantitative estimate of drug-likeness (QED) is 0.701. The van der Waals surface area contributed by atoms with Gasteiger partial charge >= 0.3 is 0 Å². The minimum atomic E-state index is 0.264. The molecule has 0 aliphatic carbocycles. The Bertz CT molecular complexity index is 661. The number of rotatable bonds is 3. The zero-order valence-electron chi connectivity index (χ0n) is 9.48. The fourth-order valence-electron chi connectivity index (χ4n) is 1.59. The van der Waals surface area contributed by atoms with Crippen molar-refractivity contribution < 1.29 is 0 Å². The Kier molecular flexibility index (Phi) is 2.49. The van der Waals surface area contributed by atoms with E-state index in [1.807, 2.05) is 30.3 Å². The first-order valence-electron chi connectivity index (χ1n) is 5.44. The first-order valence-corrected chi connectivity index (χ1v) is 5.44. The van der Waals surface area contributed by atoms with E-state index in [1.165, 1.54) is 10.8 Å². The van der Waals surface area contributed by atoms with Gasteiger partial charge in [0, 0.05) is 6.54 Å². The predicted octanol–water partition coefficient (Wildman–Crippen LogP) is 0.714. The highest BCUT2D eigenvalue weighted by Gasteiger charge is 2.06. The van der Waals surface area contributed by atoms with Crippen molar-refractivity contribution in [2.24, 2.45) is 0 Å². The SMILES string of the molecule is Nc1ncnc2nc(NCc3ccccc3)nn12. The summed E-state index contributed by atoms with van der Waals surface area (Å²) in [6, 6.07) is 9.99. The summed E-state index contributed by atoms with van der Waals surface area (Å²) in [6.45, 7) is 0.644. The molecule has 0 aliphatic rings. The van der Waals surface area contributed by atoms with E-state index >= 15 is 0 Å². The van der Waals surface area contributed by atoms with Gasteiger partial charge in [0.1, 0.15) is 6.33 Å². The highest BCUT2D eigenvalue weighted by Crippen LogP contribution is 2.07. The minimum Gasteiger partial charge on any atom is -0.368 e. The minimum absolute atomic E-state index is 0.264. The fraction of sp³-hybridized carbons (Fsp3) is 0.0909. The normalized spacial score (nSPS) is 10.7. The van der Waals surface area contributed by atoms with Gasteiger partial charge in [-0.2, -0.15) is 14.5 Å². The second kappa shape index (κ2) is 4.28. The summed E-state index contributed by atoms with van der Waals surface area (Å²) in [5.41, 5.74) is 6.81. The highest BCUT2D eigenvalue weighted by atomic mass is 15.4. The van der Waals surface area contributed by atoms with E-state index in [4.69, 9.17) is 5.73 Å². The van der Waals surface area contributed by atoms with Crippen LogP contribution in [0.1, 0.15) is 5.56 Å². The van der Waals surface area contributed by atoms with Crippen molar-refractivity contribution in [2.75, 3.05) is 11.1 Å². The largest absolute Gasteiger partial charge is 0.368 e. The Morgan fingerprint density at radius 3 is 2.78 bits per heavy atom. The molecule has 0 atom stereocenters. The van der Waals surface area contributed by atoms with Crippen molar-refractivity contribution in [3.05, 3.63) is 42.2 Å². The number of hydrogen-bond acceptors (Lipinski definition) is 6. The van der Waals surface area contributed by atoms with Crippen LogP contribution in [0.15, 0.2) is 36.7 Å². The second-order valence-electron chi connectivity index (χ2n) is 3.72. The molecule has 0 bridgehead atoms. The molecule has 3 N–H and O–H groups in total. The number of aromatic nitrogens is 5. The summed E-state index contributed by atoms with van der Waals surface area (Å²) in [5, 5.41) is 7.28. The van der Waals surface area contributed by atoms with Gasteiger partial charge in [0.05, 0.1) is 0 Å². The van der Waals surface area contributed by atoms with Crippen LogP contribution < -0.4 is 11.1 Å². The van der Waals surface area contributed by atoms with E-state index in [2.05, 4.69) is 25.4 Å². The lowest BCUT2D eigenvalue weighted by Gasteiger charge is -2.00. The van der Waals surface area contributed by atoms with Gasteiger partial charge < -0.3 is 11.1 Å². The number of nitrogen functional groups attached to an aromatic ring is 1. The number of fused-ring (bicyclic) bond motifs is 1. The molecule has 3 aromatic rings. The Labute approximate surface area is 103 Å². The third kappa shape index (κ3) is 1.93. The highest BCUT2D eigenvalue weighted by molar-refractivity contribution is 5.40. The molecule has 7 heteroatoms. The maximum Gasteiger partial charge on any atom is 0.258 e. The Morgan fingerprint density at radius 2 is 2.00 bits per heavy atom. The van der Waals surface area contributed by atoms with Gasteiger partial charge in [0.25, 0.3) is 5.78 Å². The van der Waals surface area contributed by atoms with Gasteiger partial charge in [-0.1, -0.05) is 30.3 Å². The maximum absolute atomic E-state index is 5.66. The summed E-state index contributed by atoms with van der Waals surface area (Å²) >= 11 is 0. The molecular formula is C11H11N7. The number of benzene rings is 1. The van der Waals surface area contributed by atoms with Crippen LogP contribution in [0, 0.1) is 0 Å². The van der Waals surface area contributed by atoms with Crippen molar-refractivity contribution in [1.29, 1.82) is 0 Å². The maximum atomic E-state index is 5.66. The van der Waals surface area contributed by atoms with Crippen LogP contribution in [0.5, 0.6) is 0 Å². The van der Waals surface area contributed by atoms with Crippen LogP contribution in [0.25, 0.3) is 5.78 Å². The summed E-state index contributed by atoms with van der Waals surface area (Å²) in [5.74, 6) is 1.17. The first kappa shape index (κ1) is 10.5.